The highest BCUT2D eigenvalue weighted by Gasteiger charge is 2.23. The van der Waals surface area contributed by atoms with E-state index in [4.69, 9.17) is 34.8 Å². The molecule has 1 aromatic heterocycles. The summed E-state index contributed by atoms with van der Waals surface area (Å²) in [5.41, 5.74) is 7.03. The van der Waals surface area contributed by atoms with Crippen LogP contribution in [0.3, 0.4) is 0 Å². The zero-order chi connectivity index (χ0) is 21.3. The number of nitrogens with zero attached hydrogens (tertiary/aromatic N) is 2. The van der Waals surface area contributed by atoms with Gasteiger partial charge in [-0.1, -0.05) is 53.4 Å². The first-order chi connectivity index (χ1) is 14.4. The van der Waals surface area contributed by atoms with Crippen LogP contribution in [-0.2, 0) is 0 Å². The molecule has 1 fully saturated rings. The van der Waals surface area contributed by atoms with Gasteiger partial charge in [-0.05, 0) is 61.7 Å². The quantitative estimate of drug-likeness (QED) is 0.421. The smallest absolute Gasteiger partial charge is 0.267 e. The summed E-state index contributed by atoms with van der Waals surface area (Å²) in [7, 11) is 0. The van der Waals surface area contributed by atoms with Crippen molar-refractivity contribution in [1.82, 2.24) is 15.0 Å². The van der Waals surface area contributed by atoms with Crippen LogP contribution in [0.5, 0.6) is 0 Å². The maximum atomic E-state index is 13.1. The molecule has 4 rings (SSSR count). The highest BCUT2D eigenvalue weighted by molar-refractivity contribution is 6.35. The summed E-state index contributed by atoms with van der Waals surface area (Å²) in [6, 6.07) is 14.8. The van der Waals surface area contributed by atoms with Gasteiger partial charge in [-0.2, -0.15) is 0 Å². The Balaban J connectivity index is 0.00000272. The van der Waals surface area contributed by atoms with Gasteiger partial charge in [0.1, 0.15) is 0 Å². The van der Waals surface area contributed by atoms with Crippen molar-refractivity contribution in [1.29, 1.82) is 0 Å². The molecule has 0 radical (unpaired) electrons. The summed E-state index contributed by atoms with van der Waals surface area (Å²) in [4.78, 5) is 13.1. The topological polar surface area (TPSA) is 37.3 Å². The number of hydrogen-bond donors (Lipinski definition) is 1. The second-order valence-electron chi connectivity index (χ2n) is 7.46. The first-order valence-electron chi connectivity index (χ1n) is 9.93. The SMILES string of the molecule is Cc1c(C(=O)NN2CCCCC2)cc(-c2ccc(Cl)cc2)n1-c1ccc(Cl)cc1Cl.Cl. The Morgan fingerprint density at radius 2 is 1.55 bits per heavy atom. The second kappa shape index (κ2) is 10.3. The molecule has 2 heterocycles. The van der Waals surface area contributed by atoms with E-state index in [9.17, 15) is 4.79 Å². The third-order valence-corrected chi connectivity index (χ3v) is 6.19. The van der Waals surface area contributed by atoms with Crippen molar-refractivity contribution in [2.24, 2.45) is 0 Å². The maximum Gasteiger partial charge on any atom is 0.267 e. The number of nitrogens with one attached hydrogen (secondary N) is 1. The fraction of sp³-hybridized carbons (Fsp3) is 0.261. The minimum Gasteiger partial charge on any atom is -0.312 e. The van der Waals surface area contributed by atoms with Crippen LogP contribution in [-0.4, -0.2) is 28.6 Å². The molecule has 0 saturated carbocycles. The molecule has 1 amide bonds. The van der Waals surface area contributed by atoms with Crippen LogP contribution >= 0.6 is 47.2 Å². The molecule has 0 bridgehead atoms. The Hall–Kier alpha value is -1.69. The first kappa shape index (κ1) is 24.0. The van der Waals surface area contributed by atoms with Crippen molar-refractivity contribution < 1.29 is 4.79 Å². The molecule has 164 valence electrons. The van der Waals surface area contributed by atoms with Gasteiger partial charge >= 0.3 is 0 Å². The number of piperidine rings is 1. The molecule has 2 aromatic carbocycles. The van der Waals surface area contributed by atoms with Crippen LogP contribution in [0.15, 0.2) is 48.5 Å². The van der Waals surface area contributed by atoms with Crippen molar-refractivity contribution >= 4 is 53.1 Å². The number of benzene rings is 2. The molecule has 0 spiro atoms. The van der Waals surface area contributed by atoms with Crippen molar-refractivity contribution in [3.05, 3.63) is 74.9 Å². The summed E-state index contributed by atoms with van der Waals surface area (Å²) >= 11 is 18.7. The summed E-state index contributed by atoms with van der Waals surface area (Å²) < 4.78 is 1.99. The molecule has 4 nitrogen and oxygen atoms in total. The molecule has 1 aliphatic rings. The van der Waals surface area contributed by atoms with Gasteiger partial charge in [-0.3, -0.25) is 10.2 Å². The van der Waals surface area contributed by atoms with Crippen molar-refractivity contribution in [3.8, 4) is 16.9 Å². The van der Waals surface area contributed by atoms with E-state index in [1.54, 1.807) is 12.1 Å². The van der Waals surface area contributed by atoms with Gasteiger partial charge in [0.05, 0.1) is 22.0 Å². The molecule has 1 N–H and O–H groups in total. The Morgan fingerprint density at radius 1 is 0.903 bits per heavy atom. The van der Waals surface area contributed by atoms with Crippen LogP contribution in [0.25, 0.3) is 16.9 Å². The fourth-order valence-electron chi connectivity index (χ4n) is 3.85. The van der Waals surface area contributed by atoms with Crippen LogP contribution in [0, 0.1) is 6.92 Å². The molecule has 0 aliphatic carbocycles. The Bertz CT molecular complexity index is 1070. The van der Waals surface area contributed by atoms with Gasteiger partial charge < -0.3 is 4.57 Å². The predicted octanol–water partition coefficient (Wildman–Crippen LogP) is 6.97. The number of carbonyl (C=O) groups is 1. The maximum absolute atomic E-state index is 13.1. The van der Waals surface area contributed by atoms with E-state index in [-0.39, 0.29) is 18.3 Å². The number of rotatable bonds is 4. The van der Waals surface area contributed by atoms with Gasteiger partial charge in [0.15, 0.2) is 0 Å². The van der Waals surface area contributed by atoms with E-state index in [2.05, 4.69) is 5.43 Å². The van der Waals surface area contributed by atoms with Crippen molar-refractivity contribution in [2.45, 2.75) is 26.2 Å². The van der Waals surface area contributed by atoms with Gasteiger partial charge in [0, 0.05) is 28.8 Å². The van der Waals surface area contributed by atoms with E-state index in [1.807, 2.05) is 52.9 Å². The fourth-order valence-corrected chi connectivity index (χ4v) is 4.47. The van der Waals surface area contributed by atoms with E-state index < -0.39 is 0 Å². The van der Waals surface area contributed by atoms with Crippen molar-refractivity contribution in [3.63, 3.8) is 0 Å². The standard InChI is InChI=1S/C23H22Cl3N3O.ClH/c1-15-19(23(30)27-28-11-3-2-4-12-28)14-22(16-5-7-17(24)8-6-16)29(15)21-10-9-18(25)13-20(21)26;/h5-10,13-14H,2-4,11-12H2,1H3,(H,27,30);1H. The molecule has 31 heavy (non-hydrogen) atoms. The van der Waals surface area contributed by atoms with E-state index in [0.717, 1.165) is 48.6 Å². The van der Waals surface area contributed by atoms with Gasteiger partial charge in [0.25, 0.3) is 5.91 Å². The van der Waals surface area contributed by atoms with Gasteiger partial charge in [-0.25, -0.2) is 5.01 Å². The summed E-state index contributed by atoms with van der Waals surface area (Å²) in [6.45, 7) is 3.67. The third kappa shape index (κ3) is 5.21. The molecular weight excluding hydrogens is 476 g/mol. The Labute approximate surface area is 203 Å². The van der Waals surface area contributed by atoms with Gasteiger partial charge in [-0.15, -0.1) is 12.4 Å². The number of halogens is 4. The molecule has 8 heteroatoms. The summed E-state index contributed by atoms with van der Waals surface area (Å²) in [5, 5.41) is 3.73. The molecule has 1 saturated heterocycles. The molecule has 0 atom stereocenters. The van der Waals surface area contributed by atoms with E-state index >= 15 is 0 Å². The van der Waals surface area contributed by atoms with E-state index in [0.29, 0.717) is 20.6 Å². The lowest BCUT2D eigenvalue weighted by molar-refractivity contribution is 0.0749. The molecule has 1 aliphatic heterocycles. The number of amides is 1. The number of hydrazine groups is 1. The minimum atomic E-state index is -0.117. The Morgan fingerprint density at radius 3 is 2.19 bits per heavy atom. The zero-order valence-electron chi connectivity index (χ0n) is 17.0. The molecule has 0 unspecified atom stereocenters. The largest absolute Gasteiger partial charge is 0.312 e. The zero-order valence-corrected chi connectivity index (χ0v) is 20.1. The highest BCUT2D eigenvalue weighted by atomic mass is 35.5. The van der Waals surface area contributed by atoms with E-state index in [1.165, 1.54) is 6.42 Å². The average molecular weight is 499 g/mol. The lowest BCUT2D eigenvalue weighted by Crippen LogP contribution is -2.45. The normalized spacial score (nSPS) is 14.2. The lowest BCUT2D eigenvalue weighted by Gasteiger charge is -2.26. The first-order valence-corrected chi connectivity index (χ1v) is 11.1. The van der Waals surface area contributed by atoms with Crippen LogP contribution in [0.4, 0.5) is 0 Å². The molecular formula is C23H23Cl4N3O. The summed E-state index contributed by atoms with van der Waals surface area (Å²) in [5.74, 6) is -0.117. The van der Waals surface area contributed by atoms with Crippen LogP contribution in [0.1, 0.15) is 35.3 Å². The van der Waals surface area contributed by atoms with Gasteiger partial charge in [0.2, 0.25) is 0 Å². The lowest BCUT2D eigenvalue weighted by atomic mass is 10.1. The number of aromatic nitrogens is 1. The number of hydrogen-bond acceptors (Lipinski definition) is 2. The predicted molar refractivity (Wildman–Crippen MR) is 131 cm³/mol. The minimum absolute atomic E-state index is 0. The molecule has 3 aromatic rings. The number of carbonyl (C=O) groups excluding carboxylic acids is 1. The monoisotopic (exact) mass is 497 g/mol. The third-order valence-electron chi connectivity index (χ3n) is 5.40. The van der Waals surface area contributed by atoms with Crippen LogP contribution in [0.2, 0.25) is 15.1 Å². The van der Waals surface area contributed by atoms with Crippen molar-refractivity contribution in [2.75, 3.05) is 13.1 Å². The highest BCUT2D eigenvalue weighted by Crippen LogP contribution is 2.34. The second-order valence-corrected chi connectivity index (χ2v) is 8.74. The summed E-state index contributed by atoms with van der Waals surface area (Å²) in [6.07, 6.45) is 3.39. The average Bonchev–Trinajstić information content (AvgIpc) is 3.06. The van der Waals surface area contributed by atoms with Crippen LogP contribution < -0.4 is 5.43 Å². The Kier molecular flexibility index (Phi) is 7.95.